The highest BCUT2D eigenvalue weighted by molar-refractivity contribution is 5.77. The predicted octanol–water partition coefficient (Wildman–Crippen LogP) is 3.90. The Kier molecular flexibility index (Phi) is 4.85. The van der Waals surface area contributed by atoms with Crippen molar-refractivity contribution in [3.05, 3.63) is 72.1 Å². The van der Waals surface area contributed by atoms with Gasteiger partial charge >= 0.3 is 0 Å². The number of aromatic nitrogens is 2. The van der Waals surface area contributed by atoms with Crippen LogP contribution < -0.4 is 0 Å². The molecule has 0 saturated carbocycles. The SMILES string of the molecule is c1cnc(-c2ccc(C3OCCO3)cc2)c(-c2ccc(C3OCCO3)cc2)n1. The molecule has 2 aromatic carbocycles. The lowest BCUT2D eigenvalue weighted by Crippen LogP contribution is -1.99. The number of nitrogens with zero attached hydrogens (tertiary/aromatic N) is 2. The van der Waals surface area contributed by atoms with E-state index in [-0.39, 0.29) is 12.6 Å². The molecule has 5 rings (SSSR count). The lowest BCUT2D eigenvalue weighted by Gasteiger charge is -2.12. The van der Waals surface area contributed by atoms with Gasteiger partial charge in [0.2, 0.25) is 0 Å². The summed E-state index contributed by atoms with van der Waals surface area (Å²) >= 11 is 0. The Morgan fingerprint density at radius 1 is 0.536 bits per heavy atom. The number of ether oxygens (including phenoxy) is 4. The van der Waals surface area contributed by atoms with Crippen LogP contribution in [-0.4, -0.2) is 36.4 Å². The maximum absolute atomic E-state index is 5.56. The first-order valence-corrected chi connectivity index (χ1v) is 9.36. The van der Waals surface area contributed by atoms with E-state index in [4.69, 9.17) is 18.9 Å². The maximum Gasteiger partial charge on any atom is 0.184 e. The van der Waals surface area contributed by atoms with Gasteiger partial charge in [0.05, 0.1) is 37.8 Å². The van der Waals surface area contributed by atoms with E-state index >= 15 is 0 Å². The van der Waals surface area contributed by atoms with Crippen LogP contribution in [0.5, 0.6) is 0 Å². The van der Waals surface area contributed by atoms with Gasteiger partial charge in [-0.3, -0.25) is 9.97 Å². The second kappa shape index (κ2) is 7.77. The number of hydrogen-bond acceptors (Lipinski definition) is 6. The third-order valence-electron chi connectivity index (χ3n) is 4.85. The van der Waals surface area contributed by atoms with Crippen molar-refractivity contribution >= 4 is 0 Å². The summed E-state index contributed by atoms with van der Waals surface area (Å²) in [5, 5.41) is 0. The number of benzene rings is 2. The molecule has 0 radical (unpaired) electrons. The highest BCUT2D eigenvalue weighted by atomic mass is 16.7. The first-order valence-electron chi connectivity index (χ1n) is 9.36. The zero-order chi connectivity index (χ0) is 18.8. The Hall–Kier alpha value is -2.64. The van der Waals surface area contributed by atoms with E-state index in [9.17, 15) is 0 Å². The second-order valence-electron chi connectivity index (χ2n) is 6.64. The van der Waals surface area contributed by atoms with E-state index in [2.05, 4.69) is 9.97 Å². The van der Waals surface area contributed by atoms with Crippen LogP contribution in [0.25, 0.3) is 22.5 Å². The normalized spacial score (nSPS) is 18.0. The Morgan fingerprint density at radius 2 is 0.893 bits per heavy atom. The Balaban J connectivity index is 1.44. The first-order chi connectivity index (χ1) is 13.9. The van der Waals surface area contributed by atoms with E-state index in [1.54, 1.807) is 12.4 Å². The molecule has 0 bridgehead atoms. The number of rotatable bonds is 4. The zero-order valence-electron chi connectivity index (χ0n) is 15.3. The molecule has 0 N–H and O–H groups in total. The average Bonchev–Trinajstić information content (AvgIpc) is 3.48. The van der Waals surface area contributed by atoms with Gasteiger partial charge in [0, 0.05) is 34.6 Å². The van der Waals surface area contributed by atoms with Gasteiger partial charge < -0.3 is 18.9 Å². The molecule has 2 aliphatic heterocycles. The summed E-state index contributed by atoms with van der Waals surface area (Å²) in [6.45, 7) is 2.53. The summed E-state index contributed by atoms with van der Waals surface area (Å²) in [6, 6.07) is 16.2. The molecule has 0 aliphatic carbocycles. The topological polar surface area (TPSA) is 62.7 Å². The van der Waals surface area contributed by atoms with E-state index in [0.29, 0.717) is 26.4 Å². The van der Waals surface area contributed by atoms with Crippen LogP contribution >= 0.6 is 0 Å². The van der Waals surface area contributed by atoms with Crippen molar-refractivity contribution in [2.24, 2.45) is 0 Å². The molecule has 1 aromatic heterocycles. The van der Waals surface area contributed by atoms with Crippen molar-refractivity contribution < 1.29 is 18.9 Å². The van der Waals surface area contributed by atoms with Crippen LogP contribution in [0.3, 0.4) is 0 Å². The monoisotopic (exact) mass is 376 g/mol. The molecule has 28 heavy (non-hydrogen) atoms. The third-order valence-corrected chi connectivity index (χ3v) is 4.85. The van der Waals surface area contributed by atoms with Crippen LogP contribution in [0.15, 0.2) is 60.9 Å². The fourth-order valence-corrected chi connectivity index (χ4v) is 3.46. The fourth-order valence-electron chi connectivity index (χ4n) is 3.46. The highest BCUT2D eigenvalue weighted by Gasteiger charge is 2.20. The molecule has 2 aliphatic rings. The van der Waals surface area contributed by atoms with Gasteiger partial charge in [-0.15, -0.1) is 0 Å². The van der Waals surface area contributed by atoms with Crippen molar-refractivity contribution in [2.45, 2.75) is 12.6 Å². The van der Waals surface area contributed by atoms with Crippen LogP contribution in [0.4, 0.5) is 0 Å². The summed E-state index contributed by atoms with van der Waals surface area (Å²) in [6.07, 6.45) is 2.88. The van der Waals surface area contributed by atoms with E-state index < -0.39 is 0 Å². The molecule has 0 atom stereocenters. The third kappa shape index (κ3) is 3.43. The van der Waals surface area contributed by atoms with E-state index in [1.165, 1.54) is 0 Å². The molecule has 0 amide bonds. The van der Waals surface area contributed by atoms with Gasteiger partial charge in [-0.1, -0.05) is 48.5 Å². The molecule has 2 saturated heterocycles. The summed E-state index contributed by atoms with van der Waals surface area (Å²) in [7, 11) is 0. The predicted molar refractivity (Wildman–Crippen MR) is 102 cm³/mol. The van der Waals surface area contributed by atoms with Gasteiger partial charge in [-0.05, 0) is 0 Å². The Labute approximate surface area is 163 Å². The second-order valence-corrected chi connectivity index (χ2v) is 6.64. The van der Waals surface area contributed by atoms with Gasteiger partial charge in [0.25, 0.3) is 0 Å². The molecular formula is C22H20N2O4. The molecule has 0 unspecified atom stereocenters. The van der Waals surface area contributed by atoms with Crippen LogP contribution in [0.2, 0.25) is 0 Å². The zero-order valence-corrected chi connectivity index (χ0v) is 15.3. The molecule has 0 spiro atoms. The summed E-state index contributed by atoms with van der Waals surface area (Å²) < 4.78 is 22.2. The quantitative estimate of drug-likeness (QED) is 0.688. The molecule has 3 aromatic rings. The smallest absolute Gasteiger partial charge is 0.184 e. The average molecular weight is 376 g/mol. The standard InChI is InChI=1S/C22H20N2O4/c1-5-17(21-25-11-12-26-21)6-2-15(1)19-20(24-10-9-23-19)16-3-7-18(8-4-16)22-27-13-14-28-22/h1-10,21-22H,11-14H2. The van der Waals surface area contributed by atoms with Crippen molar-refractivity contribution in [2.75, 3.05) is 26.4 Å². The Morgan fingerprint density at radius 3 is 1.25 bits per heavy atom. The minimum absolute atomic E-state index is 0.275. The van der Waals surface area contributed by atoms with Crippen molar-refractivity contribution in [3.63, 3.8) is 0 Å². The summed E-state index contributed by atoms with van der Waals surface area (Å²) in [5.74, 6) is 0. The van der Waals surface area contributed by atoms with Crippen LogP contribution in [0.1, 0.15) is 23.7 Å². The molecule has 6 heteroatoms. The minimum atomic E-state index is -0.275. The largest absolute Gasteiger partial charge is 0.346 e. The molecule has 142 valence electrons. The fraction of sp³-hybridized carbons (Fsp3) is 0.273. The Bertz CT molecular complexity index is 853. The highest BCUT2D eigenvalue weighted by Crippen LogP contribution is 2.32. The van der Waals surface area contributed by atoms with Gasteiger partial charge in [-0.25, -0.2) is 0 Å². The summed E-state index contributed by atoms with van der Waals surface area (Å²) in [4.78, 5) is 9.16. The van der Waals surface area contributed by atoms with Crippen LogP contribution in [-0.2, 0) is 18.9 Å². The number of hydrogen-bond donors (Lipinski definition) is 0. The summed E-state index contributed by atoms with van der Waals surface area (Å²) in [5.41, 5.74) is 5.68. The van der Waals surface area contributed by atoms with E-state index in [0.717, 1.165) is 33.6 Å². The van der Waals surface area contributed by atoms with Gasteiger partial charge in [0.1, 0.15) is 0 Å². The minimum Gasteiger partial charge on any atom is -0.346 e. The molecule has 6 nitrogen and oxygen atoms in total. The molecule has 3 heterocycles. The lowest BCUT2D eigenvalue weighted by molar-refractivity contribution is -0.0443. The molecule has 2 fully saturated rings. The van der Waals surface area contributed by atoms with E-state index in [1.807, 2.05) is 48.5 Å². The first kappa shape index (κ1) is 17.5. The van der Waals surface area contributed by atoms with Crippen molar-refractivity contribution in [1.82, 2.24) is 9.97 Å². The van der Waals surface area contributed by atoms with Gasteiger partial charge in [0.15, 0.2) is 12.6 Å². The van der Waals surface area contributed by atoms with Gasteiger partial charge in [-0.2, -0.15) is 0 Å². The lowest BCUT2D eigenvalue weighted by atomic mass is 10.0. The van der Waals surface area contributed by atoms with Crippen molar-refractivity contribution in [1.29, 1.82) is 0 Å². The molecular weight excluding hydrogens is 356 g/mol. The van der Waals surface area contributed by atoms with Crippen molar-refractivity contribution in [3.8, 4) is 22.5 Å². The maximum atomic E-state index is 5.56. The van der Waals surface area contributed by atoms with Crippen LogP contribution in [0, 0.1) is 0 Å².